The second-order valence-corrected chi connectivity index (χ2v) is 5.38. The molecule has 1 aromatic carbocycles. The van der Waals surface area contributed by atoms with Crippen LogP contribution < -0.4 is 10.6 Å². The number of nitrogens with one attached hydrogen (secondary N) is 2. The number of para-hydroxylation sites is 1. The summed E-state index contributed by atoms with van der Waals surface area (Å²) in [5.74, 6) is -0.698. The van der Waals surface area contributed by atoms with E-state index in [4.69, 9.17) is 11.6 Å². The molecule has 3 N–H and O–H groups in total. The summed E-state index contributed by atoms with van der Waals surface area (Å²) >= 11 is 5.95. The van der Waals surface area contributed by atoms with Gasteiger partial charge in [-0.3, -0.25) is 9.59 Å². The van der Waals surface area contributed by atoms with E-state index >= 15 is 0 Å². The molecule has 2 unspecified atom stereocenters. The lowest BCUT2D eigenvalue weighted by molar-refractivity contribution is -0.129. The highest BCUT2D eigenvalue weighted by atomic mass is 35.5. The fraction of sp³-hybridized carbons (Fsp3) is 0.429. The first kappa shape index (κ1) is 14.8. The van der Waals surface area contributed by atoms with Gasteiger partial charge in [0.2, 0.25) is 11.8 Å². The van der Waals surface area contributed by atoms with E-state index in [9.17, 15) is 14.7 Å². The maximum atomic E-state index is 12.1. The molecule has 2 rings (SSSR count). The van der Waals surface area contributed by atoms with Gasteiger partial charge < -0.3 is 15.7 Å². The van der Waals surface area contributed by atoms with Gasteiger partial charge in [0, 0.05) is 5.92 Å². The van der Waals surface area contributed by atoms with Crippen LogP contribution in [0, 0.1) is 5.92 Å². The number of hydrogen-bond donors (Lipinski definition) is 3. The highest BCUT2D eigenvalue weighted by molar-refractivity contribution is 6.33. The largest absolute Gasteiger partial charge is 0.391 e. The predicted octanol–water partition coefficient (Wildman–Crippen LogP) is 1.55. The first-order chi connectivity index (χ1) is 9.49. The van der Waals surface area contributed by atoms with Crippen molar-refractivity contribution < 1.29 is 14.7 Å². The third kappa shape index (κ3) is 3.71. The molecule has 0 spiro atoms. The van der Waals surface area contributed by atoms with Crippen LogP contribution in [-0.4, -0.2) is 29.1 Å². The quantitative estimate of drug-likeness (QED) is 0.771. The van der Waals surface area contributed by atoms with Gasteiger partial charge >= 0.3 is 0 Å². The Labute approximate surface area is 122 Å². The van der Waals surface area contributed by atoms with Crippen LogP contribution in [0.5, 0.6) is 0 Å². The van der Waals surface area contributed by atoms with Crippen LogP contribution in [0.2, 0.25) is 5.02 Å². The Balaban J connectivity index is 2.03. The molecule has 1 saturated carbocycles. The van der Waals surface area contributed by atoms with Crippen molar-refractivity contribution >= 4 is 29.1 Å². The number of aliphatic hydroxyl groups excluding tert-OH is 1. The highest BCUT2D eigenvalue weighted by Crippen LogP contribution is 2.29. The van der Waals surface area contributed by atoms with Crippen LogP contribution in [-0.2, 0) is 9.59 Å². The molecule has 1 aliphatic carbocycles. The number of hydrogen-bond acceptors (Lipinski definition) is 3. The number of carbonyl (C=O) groups is 2. The van der Waals surface area contributed by atoms with Gasteiger partial charge in [-0.15, -0.1) is 0 Å². The van der Waals surface area contributed by atoms with Crippen molar-refractivity contribution in [2.75, 3.05) is 5.32 Å². The maximum absolute atomic E-state index is 12.1. The van der Waals surface area contributed by atoms with Crippen molar-refractivity contribution in [3.05, 3.63) is 29.3 Å². The molecular formula is C14H17ClN2O3. The van der Waals surface area contributed by atoms with Crippen LogP contribution >= 0.6 is 11.6 Å². The molecule has 0 saturated heterocycles. The predicted molar refractivity (Wildman–Crippen MR) is 76.4 cm³/mol. The summed E-state index contributed by atoms with van der Waals surface area (Å²) in [5, 5.41) is 15.3. The molecular weight excluding hydrogens is 280 g/mol. The van der Waals surface area contributed by atoms with E-state index in [1.165, 1.54) is 6.92 Å². The maximum Gasteiger partial charge on any atom is 0.249 e. The third-order valence-electron chi connectivity index (χ3n) is 3.14. The SMILES string of the molecule is CC(O)C(NC(=O)C1CC1)C(=O)Nc1ccccc1Cl. The molecule has 1 aromatic rings. The van der Waals surface area contributed by atoms with Gasteiger partial charge in [0.1, 0.15) is 6.04 Å². The molecule has 0 aliphatic heterocycles. The summed E-state index contributed by atoms with van der Waals surface area (Å²) in [6, 6.07) is 5.81. The standard InChI is InChI=1S/C14H17ClN2O3/c1-8(18)12(17-13(19)9-6-7-9)14(20)16-11-5-3-2-4-10(11)15/h2-5,8-9,12,18H,6-7H2,1H3,(H,16,20)(H,17,19). The Kier molecular flexibility index (Phi) is 4.62. The van der Waals surface area contributed by atoms with Crippen LogP contribution in [0.15, 0.2) is 24.3 Å². The normalized spacial score (nSPS) is 17.1. The molecule has 2 atom stereocenters. The molecule has 1 fully saturated rings. The van der Waals surface area contributed by atoms with Gasteiger partial charge in [-0.25, -0.2) is 0 Å². The van der Waals surface area contributed by atoms with E-state index in [0.29, 0.717) is 10.7 Å². The van der Waals surface area contributed by atoms with E-state index in [2.05, 4.69) is 10.6 Å². The summed E-state index contributed by atoms with van der Waals surface area (Å²) in [5.41, 5.74) is 0.450. The molecule has 20 heavy (non-hydrogen) atoms. The fourth-order valence-electron chi connectivity index (χ4n) is 1.79. The van der Waals surface area contributed by atoms with Crippen molar-refractivity contribution in [2.45, 2.75) is 31.9 Å². The Morgan fingerprint density at radius 1 is 1.35 bits per heavy atom. The van der Waals surface area contributed by atoms with E-state index in [1.54, 1.807) is 24.3 Å². The summed E-state index contributed by atoms with van der Waals surface area (Å²) in [6.07, 6.45) is 0.690. The number of amides is 2. The van der Waals surface area contributed by atoms with Gasteiger partial charge in [-0.1, -0.05) is 23.7 Å². The zero-order valence-corrected chi connectivity index (χ0v) is 11.9. The Morgan fingerprint density at radius 2 is 2.00 bits per heavy atom. The molecule has 6 heteroatoms. The van der Waals surface area contributed by atoms with Crippen molar-refractivity contribution in [1.82, 2.24) is 5.32 Å². The summed E-state index contributed by atoms with van der Waals surface area (Å²) in [7, 11) is 0. The number of benzene rings is 1. The molecule has 0 radical (unpaired) electrons. The van der Waals surface area contributed by atoms with Crippen LogP contribution in [0.1, 0.15) is 19.8 Å². The van der Waals surface area contributed by atoms with Crippen molar-refractivity contribution in [3.8, 4) is 0 Å². The summed E-state index contributed by atoms with van der Waals surface area (Å²) in [6.45, 7) is 1.46. The molecule has 0 aromatic heterocycles. The Morgan fingerprint density at radius 3 is 2.55 bits per heavy atom. The Bertz CT molecular complexity index is 515. The van der Waals surface area contributed by atoms with Crippen LogP contribution in [0.25, 0.3) is 0 Å². The van der Waals surface area contributed by atoms with E-state index in [-0.39, 0.29) is 11.8 Å². The van der Waals surface area contributed by atoms with Crippen molar-refractivity contribution in [1.29, 1.82) is 0 Å². The number of rotatable bonds is 5. The minimum Gasteiger partial charge on any atom is -0.391 e. The minimum absolute atomic E-state index is 0.0237. The average Bonchev–Trinajstić information content (AvgIpc) is 3.22. The minimum atomic E-state index is -0.987. The number of anilines is 1. The molecule has 1 aliphatic rings. The number of aliphatic hydroxyl groups is 1. The van der Waals surface area contributed by atoms with Crippen LogP contribution in [0.3, 0.4) is 0 Å². The van der Waals surface area contributed by atoms with E-state index in [1.807, 2.05) is 0 Å². The van der Waals surface area contributed by atoms with Gasteiger partial charge in [0.05, 0.1) is 16.8 Å². The first-order valence-electron chi connectivity index (χ1n) is 6.53. The van der Waals surface area contributed by atoms with E-state index < -0.39 is 18.1 Å². The van der Waals surface area contributed by atoms with Crippen molar-refractivity contribution in [2.24, 2.45) is 5.92 Å². The second-order valence-electron chi connectivity index (χ2n) is 4.97. The lowest BCUT2D eigenvalue weighted by Crippen LogP contribution is -2.50. The zero-order valence-electron chi connectivity index (χ0n) is 11.1. The zero-order chi connectivity index (χ0) is 14.7. The second kappa shape index (κ2) is 6.24. The number of halogens is 1. The molecule has 2 amide bonds. The van der Waals surface area contributed by atoms with Gasteiger partial charge in [-0.05, 0) is 31.9 Å². The lowest BCUT2D eigenvalue weighted by atomic mass is 10.1. The van der Waals surface area contributed by atoms with Crippen molar-refractivity contribution in [3.63, 3.8) is 0 Å². The molecule has 0 bridgehead atoms. The van der Waals surface area contributed by atoms with Gasteiger partial charge in [-0.2, -0.15) is 0 Å². The highest BCUT2D eigenvalue weighted by Gasteiger charge is 2.34. The lowest BCUT2D eigenvalue weighted by Gasteiger charge is -2.21. The molecule has 108 valence electrons. The average molecular weight is 297 g/mol. The molecule has 0 heterocycles. The van der Waals surface area contributed by atoms with E-state index in [0.717, 1.165) is 12.8 Å². The van der Waals surface area contributed by atoms with Crippen LogP contribution in [0.4, 0.5) is 5.69 Å². The smallest absolute Gasteiger partial charge is 0.249 e. The first-order valence-corrected chi connectivity index (χ1v) is 6.90. The monoisotopic (exact) mass is 296 g/mol. The van der Waals surface area contributed by atoms with Gasteiger partial charge in [0.25, 0.3) is 0 Å². The topological polar surface area (TPSA) is 78.4 Å². The fourth-order valence-corrected chi connectivity index (χ4v) is 1.98. The summed E-state index contributed by atoms with van der Waals surface area (Å²) < 4.78 is 0. The third-order valence-corrected chi connectivity index (χ3v) is 3.47. The Hall–Kier alpha value is -1.59. The van der Waals surface area contributed by atoms with Gasteiger partial charge in [0.15, 0.2) is 0 Å². The summed E-state index contributed by atoms with van der Waals surface area (Å²) in [4.78, 5) is 23.9. The molecule has 5 nitrogen and oxygen atoms in total. The number of carbonyl (C=O) groups excluding carboxylic acids is 2.